The normalized spacial score (nSPS) is 14.4. The lowest BCUT2D eigenvalue weighted by molar-refractivity contribution is 0.624. The Morgan fingerprint density at radius 1 is 1.32 bits per heavy atom. The smallest absolute Gasteiger partial charge is 0.123 e. The molecule has 1 aromatic heterocycles. The Bertz CT molecular complexity index is 550. The van der Waals surface area contributed by atoms with Crippen LogP contribution >= 0.6 is 11.8 Å². The monoisotopic (exact) mass is 279 g/mol. The molecule has 0 fully saturated rings. The van der Waals surface area contributed by atoms with Crippen molar-refractivity contribution in [2.24, 2.45) is 12.8 Å². The Morgan fingerprint density at radius 2 is 1.95 bits per heavy atom. The largest absolute Gasteiger partial charge is 0.323 e. The first-order valence-corrected chi connectivity index (χ1v) is 7.03. The number of halogens is 1. The Labute approximate surface area is 117 Å². The average Bonchev–Trinajstić information content (AvgIpc) is 2.68. The van der Waals surface area contributed by atoms with Gasteiger partial charge in [0.05, 0.1) is 10.7 Å². The second-order valence-electron chi connectivity index (χ2n) is 4.65. The van der Waals surface area contributed by atoms with Crippen LogP contribution in [0.1, 0.15) is 24.2 Å². The summed E-state index contributed by atoms with van der Waals surface area (Å²) in [7, 11) is 1.92. The van der Waals surface area contributed by atoms with Crippen LogP contribution in [0.2, 0.25) is 0 Å². The van der Waals surface area contributed by atoms with E-state index < -0.39 is 0 Å². The van der Waals surface area contributed by atoms with Crippen LogP contribution in [-0.2, 0) is 7.05 Å². The lowest BCUT2D eigenvalue weighted by atomic mass is 10.1. The molecule has 0 bridgehead atoms. The first kappa shape index (κ1) is 14.1. The predicted octanol–water partition coefficient (Wildman–Crippen LogP) is 3.05. The van der Waals surface area contributed by atoms with Gasteiger partial charge >= 0.3 is 0 Å². The van der Waals surface area contributed by atoms with E-state index in [1.165, 1.54) is 12.1 Å². The maximum Gasteiger partial charge on any atom is 0.123 e. The highest BCUT2D eigenvalue weighted by Crippen LogP contribution is 2.30. The van der Waals surface area contributed by atoms with Gasteiger partial charge in [-0.1, -0.05) is 19.1 Å². The Hall–Kier alpha value is -1.33. The molecule has 2 aromatic rings. The van der Waals surface area contributed by atoms with E-state index in [0.717, 1.165) is 16.3 Å². The van der Waals surface area contributed by atoms with E-state index in [2.05, 4.69) is 12.0 Å². The fraction of sp³-hybridized carbons (Fsp3) is 0.357. The fourth-order valence-corrected chi connectivity index (χ4v) is 3.03. The van der Waals surface area contributed by atoms with E-state index in [0.29, 0.717) is 0 Å². The summed E-state index contributed by atoms with van der Waals surface area (Å²) in [6.45, 7) is 4.04. The van der Waals surface area contributed by atoms with Gasteiger partial charge in [-0.05, 0) is 30.7 Å². The molecule has 0 radical (unpaired) electrons. The number of aromatic nitrogens is 2. The van der Waals surface area contributed by atoms with Crippen molar-refractivity contribution in [2.75, 3.05) is 0 Å². The number of thioether (sulfide) groups is 1. The topological polar surface area (TPSA) is 43.8 Å². The Balaban J connectivity index is 2.09. The van der Waals surface area contributed by atoms with Gasteiger partial charge in [-0.15, -0.1) is 11.8 Å². The zero-order chi connectivity index (χ0) is 14.0. The number of nitrogens with zero attached hydrogens (tertiary/aromatic N) is 2. The zero-order valence-corrected chi connectivity index (χ0v) is 12.1. The second-order valence-corrected chi connectivity index (χ2v) is 6.05. The molecule has 0 spiro atoms. The van der Waals surface area contributed by atoms with Gasteiger partial charge < -0.3 is 5.73 Å². The van der Waals surface area contributed by atoms with Gasteiger partial charge in [-0.2, -0.15) is 5.10 Å². The molecule has 0 saturated carbocycles. The van der Waals surface area contributed by atoms with Gasteiger partial charge in [-0.3, -0.25) is 4.68 Å². The number of hydrogen-bond donors (Lipinski definition) is 1. The SMILES string of the molecule is Cc1cc(SC(C)C(N)c2ccc(F)cc2)n(C)n1. The molecule has 2 unspecified atom stereocenters. The summed E-state index contributed by atoms with van der Waals surface area (Å²) in [6.07, 6.45) is 0. The maximum absolute atomic E-state index is 12.9. The third kappa shape index (κ3) is 3.36. The summed E-state index contributed by atoms with van der Waals surface area (Å²) >= 11 is 1.68. The second kappa shape index (κ2) is 5.75. The van der Waals surface area contributed by atoms with Crippen LogP contribution in [0.25, 0.3) is 0 Å². The molecule has 3 nitrogen and oxygen atoms in total. The summed E-state index contributed by atoms with van der Waals surface area (Å²) < 4.78 is 14.8. The van der Waals surface area contributed by atoms with Crippen molar-refractivity contribution in [2.45, 2.75) is 30.2 Å². The third-order valence-electron chi connectivity index (χ3n) is 3.03. The summed E-state index contributed by atoms with van der Waals surface area (Å²) in [5.41, 5.74) is 8.16. The van der Waals surface area contributed by atoms with Crippen LogP contribution in [0.4, 0.5) is 4.39 Å². The van der Waals surface area contributed by atoms with Crippen molar-refractivity contribution in [3.63, 3.8) is 0 Å². The van der Waals surface area contributed by atoms with Gasteiger partial charge in [0.2, 0.25) is 0 Å². The molecule has 5 heteroatoms. The molecule has 0 aliphatic rings. The molecule has 19 heavy (non-hydrogen) atoms. The van der Waals surface area contributed by atoms with E-state index in [1.54, 1.807) is 23.9 Å². The van der Waals surface area contributed by atoms with Crippen molar-refractivity contribution < 1.29 is 4.39 Å². The minimum absolute atomic E-state index is 0.138. The number of hydrogen-bond acceptors (Lipinski definition) is 3. The van der Waals surface area contributed by atoms with Crippen molar-refractivity contribution in [1.82, 2.24) is 9.78 Å². The molecule has 102 valence electrons. The minimum atomic E-state index is -0.237. The lowest BCUT2D eigenvalue weighted by Gasteiger charge is -2.19. The number of benzene rings is 1. The van der Waals surface area contributed by atoms with Crippen LogP contribution in [0.5, 0.6) is 0 Å². The fourth-order valence-electron chi connectivity index (χ4n) is 1.92. The average molecular weight is 279 g/mol. The molecule has 0 aliphatic carbocycles. The molecule has 0 amide bonds. The molecule has 2 N–H and O–H groups in total. The van der Waals surface area contributed by atoms with Gasteiger partial charge in [-0.25, -0.2) is 4.39 Å². The van der Waals surface area contributed by atoms with Crippen LogP contribution in [-0.4, -0.2) is 15.0 Å². The molecule has 0 aliphatic heterocycles. The standard InChI is InChI=1S/C14H18FN3S/c1-9-8-13(18(3)17-9)19-10(2)14(16)11-4-6-12(15)7-5-11/h4-8,10,14H,16H2,1-3H3. The van der Waals surface area contributed by atoms with Crippen molar-refractivity contribution in [3.8, 4) is 0 Å². The van der Waals surface area contributed by atoms with E-state index in [4.69, 9.17) is 5.73 Å². The van der Waals surface area contributed by atoms with E-state index in [1.807, 2.05) is 24.7 Å². The molecule has 1 heterocycles. The highest BCUT2D eigenvalue weighted by molar-refractivity contribution is 7.99. The maximum atomic E-state index is 12.9. The molecule has 2 atom stereocenters. The van der Waals surface area contributed by atoms with Crippen LogP contribution in [0.15, 0.2) is 35.4 Å². The number of nitrogens with two attached hydrogens (primary N) is 1. The summed E-state index contributed by atoms with van der Waals surface area (Å²) in [6, 6.07) is 8.28. The number of rotatable bonds is 4. The zero-order valence-electron chi connectivity index (χ0n) is 11.3. The molecule has 2 rings (SSSR count). The first-order chi connectivity index (χ1) is 8.97. The van der Waals surface area contributed by atoms with Crippen molar-refractivity contribution in [1.29, 1.82) is 0 Å². The highest BCUT2D eigenvalue weighted by Gasteiger charge is 2.18. The van der Waals surface area contributed by atoms with E-state index >= 15 is 0 Å². The third-order valence-corrected chi connectivity index (χ3v) is 4.31. The van der Waals surface area contributed by atoms with Crippen molar-refractivity contribution >= 4 is 11.8 Å². The summed E-state index contributed by atoms with van der Waals surface area (Å²) in [5, 5.41) is 5.58. The van der Waals surface area contributed by atoms with Crippen LogP contribution in [0, 0.1) is 12.7 Å². The molecular weight excluding hydrogens is 261 g/mol. The van der Waals surface area contributed by atoms with Gasteiger partial charge in [0.1, 0.15) is 5.82 Å². The van der Waals surface area contributed by atoms with E-state index in [-0.39, 0.29) is 17.1 Å². The predicted molar refractivity (Wildman–Crippen MR) is 76.6 cm³/mol. The summed E-state index contributed by atoms with van der Waals surface area (Å²) in [4.78, 5) is 0. The van der Waals surface area contributed by atoms with Crippen LogP contribution in [0.3, 0.4) is 0 Å². The highest BCUT2D eigenvalue weighted by atomic mass is 32.2. The molecular formula is C14H18FN3S. The minimum Gasteiger partial charge on any atom is -0.323 e. The summed E-state index contributed by atoms with van der Waals surface area (Å²) in [5.74, 6) is -0.237. The van der Waals surface area contributed by atoms with Crippen molar-refractivity contribution in [3.05, 3.63) is 47.4 Å². The van der Waals surface area contributed by atoms with Gasteiger partial charge in [0, 0.05) is 18.3 Å². The molecule has 1 aromatic carbocycles. The number of aryl methyl sites for hydroxylation is 2. The lowest BCUT2D eigenvalue weighted by Crippen LogP contribution is -2.21. The molecule has 0 saturated heterocycles. The first-order valence-electron chi connectivity index (χ1n) is 6.15. The quantitative estimate of drug-likeness (QED) is 0.875. The Kier molecular flexibility index (Phi) is 4.27. The Morgan fingerprint density at radius 3 is 2.47 bits per heavy atom. The van der Waals surface area contributed by atoms with E-state index in [9.17, 15) is 4.39 Å². The van der Waals surface area contributed by atoms with Gasteiger partial charge in [0.25, 0.3) is 0 Å². The van der Waals surface area contributed by atoms with Gasteiger partial charge in [0.15, 0.2) is 0 Å². The van der Waals surface area contributed by atoms with Crippen LogP contribution < -0.4 is 5.73 Å².